The van der Waals surface area contributed by atoms with Crippen molar-refractivity contribution < 1.29 is 18.8 Å². The maximum absolute atomic E-state index is 14.6. The first-order valence-corrected chi connectivity index (χ1v) is 9.81. The lowest BCUT2D eigenvalue weighted by Gasteiger charge is -2.07. The summed E-state index contributed by atoms with van der Waals surface area (Å²) in [6, 6.07) is 8.56. The van der Waals surface area contributed by atoms with Crippen LogP contribution < -0.4 is 0 Å². The van der Waals surface area contributed by atoms with Crippen LogP contribution >= 0.6 is 11.3 Å². The Balaban J connectivity index is 1.70. The van der Waals surface area contributed by atoms with E-state index in [0.29, 0.717) is 0 Å². The minimum atomic E-state index is -1.18. The van der Waals surface area contributed by atoms with E-state index in [1.807, 2.05) is 25.1 Å². The van der Waals surface area contributed by atoms with Crippen molar-refractivity contribution in [1.29, 1.82) is 0 Å². The highest BCUT2D eigenvalue weighted by atomic mass is 32.1. The summed E-state index contributed by atoms with van der Waals surface area (Å²) in [6.45, 7) is 5.51. The van der Waals surface area contributed by atoms with Crippen LogP contribution in [0, 0.1) is 26.6 Å². The van der Waals surface area contributed by atoms with Gasteiger partial charge in [0.05, 0.1) is 11.1 Å². The van der Waals surface area contributed by atoms with Gasteiger partial charge >= 0.3 is 5.97 Å². The van der Waals surface area contributed by atoms with Gasteiger partial charge in [-0.15, -0.1) is 0 Å². The number of rotatable bonds is 4. The van der Waals surface area contributed by atoms with E-state index in [4.69, 9.17) is 9.63 Å². The van der Waals surface area contributed by atoms with Crippen molar-refractivity contribution in [3.8, 4) is 34.0 Å². The van der Waals surface area contributed by atoms with Crippen molar-refractivity contribution in [2.24, 2.45) is 0 Å². The van der Waals surface area contributed by atoms with Gasteiger partial charge in [-0.2, -0.15) is 16.3 Å². The number of carboxylic acids is 1. The third-order valence-corrected chi connectivity index (χ3v) is 5.76. The summed E-state index contributed by atoms with van der Waals surface area (Å²) in [5.74, 6) is -1.50. The molecule has 0 aliphatic rings. The maximum atomic E-state index is 14.6. The molecule has 2 aromatic heterocycles. The molecular formula is C22H17FN2O3S. The summed E-state index contributed by atoms with van der Waals surface area (Å²) in [4.78, 5) is 15.5. The van der Waals surface area contributed by atoms with E-state index in [-0.39, 0.29) is 28.4 Å². The van der Waals surface area contributed by atoms with Crippen LogP contribution in [0.3, 0.4) is 0 Å². The molecule has 0 atom stereocenters. The average molecular weight is 408 g/mol. The predicted molar refractivity (Wildman–Crippen MR) is 110 cm³/mol. The molecule has 0 aliphatic carbocycles. The Bertz CT molecular complexity index is 1240. The molecule has 0 aliphatic heterocycles. The number of hydrogen-bond donors (Lipinski definition) is 1. The molecule has 2 aromatic carbocycles. The van der Waals surface area contributed by atoms with Crippen LogP contribution in [0.15, 0.2) is 45.6 Å². The molecule has 146 valence electrons. The highest BCUT2D eigenvalue weighted by Crippen LogP contribution is 2.33. The lowest BCUT2D eigenvalue weighted by atomic mass is 9.98. The monoisotopic (exact) mass is 408 g/mol. The topological polar surface area (TPSA) is 76.2 Å². The molecule has 4 aromatic rings. The van der Waals surface area contributed by atoms with Crippen molar-refractivity contribution in [3.05, 3.63) is 69.2 Å². The molecular weight excluding hydrogens is 391 g/mol. The van der Waals surface area contributed by atoms with Gasteiger partial charge in [0.2, 0.25) is 5.82 Å². The third kappa shape index (κ3) is 3.34. The fourth-order valence-electron chi connectivity index (χ4n) is 3.27. The molecule has 4 rings (SSSR count). The molecule has 5 nitrogen and oxygen atoms in total. The van der Waals surface area contributed by atoms with E-state index >= 15 is 0 Å². The Morgan fingerprint density at radius 2 is 1.79 bits per heavy atom. The summed E-state index contributed by atoms with van der Waals surface area (Å²) in [5.41, 5.74) is 5.40. The molecule has 2 heterocycles. The Labute approximate surface area is 170 Å². The van der Waals surface area contributed by atoms with Crippen LogP contribution in [0.2, 0.25) is 0 Å². The highest BCUT2D eigenvalue weighted by Gasteiger charge is 2.20. The number of aromatic carboxylic acids is 1. The van der Waals surface area contributed by atoms with Crippen LogP contribution in [-0.4, -0.2) is 21.2 Å². The Kier molecular flexibility index (Phi) is 4.76. The van der Waals surface area contributed by atoms with Crippen molar-refractivity contribution in [2.75, 3.05) is 0 Å². The summed E-state index contributed by atoms with van der Waals surface area (Å²) in [5, 5.41) is 17.2. The van der Waals surface area contributed by atoms with Gasteiger partial charge in [0.25, 0.3) is 5.89 Å². The summed E-state index contributed by atoms with van der Waals surface area (Å²) in [6.07, 6.45) is 0. The Morgan fingerprint density at radius 3 is 2.45 bits per heavy atom. The fourth-order valence-corrected chi connectivity index (χ4v) is 4.12. The van der Waals surface area contributed by atoms with E-state index in [1.165, 1.54) is 30.2 Å². The molecule has 0 fully saturated rings. The first-order valence-electron chi connectivity index (χ1n) is 8.87. The molecule has 0 saturated heterocycles. The van der Waals surface area contributed by atoms with E-state index in [2.05, 4.69) is 27.8 Å². The molecule has 29 heavy (non-hydrogen) atoms. The van der Waals surface area contributed by atoms with Crippen molar-refractivity contribution >= 4 is 17.3 Å². The number of aryl methyl sites for hydroxylation is 2. The largest absolute Gasteiger partial charge is 0.478 e. The van der Waals surface area contributed by atoms with Gasteiger partial charge in [-0.1, -0.05) is 11.2 Å². The highest BCUT2D eigenvalue weighted by molar-refractivity contribution is 7.08. The lowest BCUT2D eigenvalue weighted by molar-refractivity contribution is 0.0695. The molecule has 1 N–H and O–H groups in total. The van der Waals surface area contributed by atoms with Gasteiger partial charge < -0.3 is 9.63 Å². The van der Waals surface area contributed by atoms with Crippen LogP contribution in [0.1, 0.15) is 27.0 Å². The van der Waals surface area contributed by atoms with Gasteiger partial charge in [-0.05, 0) is 83.6 Å². The minimum absolute atomic E-state index is 0.0349. The van der Waals surface area contributed by atoms with Gasteiger partial charge in [0.15, 0.2) is 0 Å². The first-order chi connectivity index (χ1) is 13.9. The first kappa shape index (κ1) is 19.0. The molecule has 0 spiro atoms. The standard InChI is InChI=1S/C22H17FN2O3S/c1-11-8-14(4-5-15(11)18-10-29-9-12(18)2)21-24-20(25-28-21)17-7-6-16(22(26)27)13(3)19(17)23/h4-10H,1-3H3,(H,26,27). The molecule has 7 heteroatoms. The Hall–Kier alpha value is -3.32. The van der Waals surface area contributed by atoms with Gasteiger partial charge in [0, 0.05) is 5.56 Å². The normalized spacial score (nSPS) is 11.0. The molecule has 0 unspecified atom stereocenters. The van der Waals surface area contributed by atoms with Crippen LogP contribution in [0.5, 0.6) is 0 Å². The zero-order valence-corrected chi connectivity index (χ0v) is 16.8. The Morgan fingerprint density at radius 1 is 1.03 bits per heavy atom. The predicted octanol–water partition coefficient (Wildman–Crippen LogP) is 5.89. The van der Waals surface area contributed by atoms with E-state index in [9.17, 15) is 9.18 Å². The zero-order valence-electron chi connectivity index (χ0n) is 16.0. The number of benzene rings is 2. The van der Waals surface area contributed by atoms with Crippen molar-refractivity contribution in [1.82, 2.24) is 10.1 Å². The SMILES string of the molecule is Cc1cc(-c2nc(-c3ccc(C(=O)O)c(C)c3F)no2)ccc1-c1cscc1C. The number of halogens is 1. The number of hydrogen-bond acceptors (Lipinski definition) is 5. The molecule has 0 amide bonds. The van der Waals surface area contributed by atoms with Crippen LogP contribution in [0.25, 0.3) is 34.0 Å². The fraction of sp³-hybridized carbons (Fsp3) is 0.136. The van der Waals surface area contributed by atoms with Crippen molar-refractivity contribution in [3.63, 3.8) is 0 Å². The van der Waals surface area contributed by atoms with Gasteiger partial charge in [-0.3, -0.25) is 0 Å². The van der Waals surface area contributed by atoms with Crippen LogP contribution in [0.4, 0.5) is 4.39 Å². The number of carbonyl (C=O) groups is 1. The summed E-state index contributed by atoms with van der Waals surface area (Å²) >= 11 is 1.66. The summed E-state index contributed by atoms with van der Waals surface area (Å²) in [7, 11) is 0. The number of aromatic nitrogens is 2. The molecule has 0 bridgehead atoms. The van der Waals surface area contributed by atoms with Gasteiger partial charge in [0.1, 0.15) is 5.82 Å². The second-order valence-electron chi connectivity index (χ2n) is 6.83. The van der Waals surface area contributed by atoms with Gasteiger partial charge in [-0.25, -0.2) is 9.18 Å². The third-order valence-electron chi connectivity index (χ3n) is 4.90. The lowest BCUT2D eigenvalue weighted by Crippen LogP contribution is -2.03. The average Bonchev–Trinajstić information content (AvgIpc) is 3.33. The smallest absolute Gasteiger partial charge is 0.336 e. The molecule has 0 radical (unpaired) electrons. The van der Waals surface area contributed by atoms with Crippen molar-refractivity contribution in [2.45, 2.75) is 20.8 Å². The minimum Gasteiger partial charge on any atom is -0.478 e. The van der Waals surface area contributed by atoms with E-state index < -0.39 is 11.8 Å². The maximum Gasteiger partial charge on any atom is 0.336 e. The quantitative estimate of drug-likeness (QED) is 0.455. The molecule has 0 saturated carbocycles. The number of nitrogens with zero attached hydrogens (tertiary/aromatic N) is 2. The summed E-state index contributed by atoms with van der Waals surface area (Å²) < 4.78 is 20.0. The second kappa shape index (κ2) is 7.25. The van der Waals surface area contributed by atoms with E-state index in [0.717, 1.165) is 16.7 Å². The second-order valence-corrected chi connectivity index (χ2v) is 7.57. The number of carboxylic acid groups (broad SMARTS) is 1. The van der Waals surface area contributed by atoms with Crippen LogP contribution in [-0.2, 0) is 0 Å². The number of thiophene rings is 1. The zero-order chi connectivity index (χ0) is 20.7. The van der Waals surface area contributed by atoms with E-state index in [1.54, 1.807) is 11.3 Å².